The summed E-state index contributed by atoms with van der Waals surface area (Å²) in [5, 5.41) is 11.9. The monoisotopic (exact) mass is 172 g/mol. The number of aliphatic hydroxyl groups is 1. The lowest BCUT2D eigenvalue weighted by Gasteiger charge is -2.09. The lowest BCUT2D eigenvalue weighted by atomic mass is 10.3. The lowest BCUT2D eigenvalue weighted by Crippen LogP contribution is -2.31. The number of carbonyl (C=O) groups excluding carboxylic acids is 1. The van der Waals surface area contributed by atoms with Gasteiger partial charge in [0, 0.05) is 18.8 Å². The molecule has 0 rings (SSSR count). The Morgan fingerprint density at radius 1 is 1.67 bits per heavy atom. The first-order valence-electron chi connectivity index (χ1n) is 3.87. The number of carbonyl (C=O) groups is 1. The van der Waals surface area contributed by atoms with Gasteiger partial charge in [-0.1, -0.05) is 0 Å². The van der Waals surface area contributed by atoms with Crippen molar-refractivity contribution in [3.05, 3.63) is 11.8 Å². The topological polar surface area (TPSA) is 75.3 Å². The fourth-order valence-corrected chi connectivity index (χ4v) is 0.718. The summed E-state index contributed by atoms with van der Waals surface area (Å²) in [6.07, 6.45) is 0.920. The molecule has 0 aromatic heterocycles. The van der Waals surface area contributed by atoms with Gasteiger partial charge in [0.1, 0.15) is 0 Å². The average Bonchev–Trinajstić information content (AvgIpc) is 1.99. The largest absolute Gasteiger partial charge is 0.390 e. The Kier molecular flexibility index (Phi) is 5.32. The van der Waals surface area contributed by atoms with Crippen LogP contribution in [0.3, 0.4) is 0 Å². The molecule has 0 saturated heterocycles. The van der Waals surface area contributed by atoms with Crippen molar-refractivity contribution in [1.82, 2.24) is 5.32 Å². The summed E-state index contributed by atoms with van der Waals surface area (Å²) in [6.45, 7) is 3.85. The molecule has 0 bridgehead atoms. The van der Waals surface area contributed by atoms with Crippen molar-refractivity contribution < 1.29 is 9.90 Å². The molecule has 4 N–H and O–H groups in total. The van der Waals surface area contributed by atoms with Crippen LogP contribution in [-0.4, -0.2) is 30.1 Å². The third-order valence-electron chi connectivity index (χ3n) is 1.31. The van der Waals surface area contributed by atoms with E-state index in [9.17, 15) is 4.79 Å². The highest BCUT2D eigenvalue weighted by atomic mass is 16.3. The molecule has 70 valence electrons. The number of nitrogens with two attached hydrogens (primary N) is 1. The van der Waals surface area contributed by atoms with Gasteiger partial charge in [-0.3, -0.25) is 4.79 Å². The fraction of sp³-hybridized carbons (Fsp3) is 0.625. The molecule has 0 aliphatic carbocycles. The molecule has 0 aliphatic heterocycles. The Balaban J connectivity index is 3.70. The summed E-state index contributed by atoms with van der Waals surface area (Å²) >= 11 is 0. The molecule has 0 aromatic rings. The Morgan fingerprint density at radius 3 is 2.67 bits per heavy atom. The van der Waals surface area contributed by atoms with E-state index in [0.29, 0.717) is 6.54 Å². The molecule has 0 saturated carbocycles. The maximum atomic E-state index is 10.6. The van der Waals surface area contributed by atoms with Crippen molar-refractivity contribution in [2.75, 3.05) is 13.1 Å². The molecule has 1 atom stereocenters. The maximum Gasteiger partial charge on any atom is 0.154 e. The second-order valence-electron chi connectivity index (χ2n) is 2.71. The summed E-state index contributed by atoms with van der Waals surface area (Å²) in [7, 11) is 0. The van der Waals surface area contributed by atoms with Gasteiger partial charge in [0.2, 0.25) is 0 Å². The number of aliphatic hydroxyl groups excluding tert-OH is 1. The molecular formula is C8H16N2O2. The molecule has 0 aromatic carbocycles. The Bertz CT molecular complexity index is 178. The van der Waals surface area contributed by atoms with Crippen LogP contribution in [0.5, 0.6) is 0 Å². The molecule has 4 heteroatoms. The van der Waals surface area contributed by atoms with E-state index in [-0.39, 0.29) is 12.3 Å². The molecule has 0 radical (unpaired) electrons. The smallest absolute Gasteiger partial charge is 0.154 e. The van der Waals surface area contributed by atoms with Gasteiger partial charge >= 0.3 is 0 Å². The SMILES string of the molecule is CC(=O)/C=C(\C)NCC(O)CN. The van der Waals surface area contributed by atoms with Gasteiger partial charge in [-0.05, 0) is 19.9 Å². The number of ketones is 1. The van der Waals surface area contributed by atoms with Crippen molar-refractivity contribution in [2.45, 2.75) is 20.0 Å². The van der Waals surface area contributed by atoms with Crippen LogP contribution in [0.4, 0.5) is 0 Å². The van der Waals surface area contributed by atoms with E-state index in [0.717, 1.165) is 5.70 Å². The third-order valence-corrected chi connectivity index (χ3v) is 1.31. The normalized spacial score (nSPS) is 14.2. The van der Waals surface area contributed by atoms with E-state index in [1.165, 1.54) is 13.0 Å². The van der Waals surface area contributed by atoms with Crippen LogP contribution in [0.15, 0.2) is 11.8 Å². The number of nitrogens with one attached hydrogen (secondary N) is 1. The second-order valence-corrected chi connectivity index (χ2v) is 2.71. The summed E-state index contributed by atoms with van der Waals surface area (Å²) in [5.74, 6) is -0.0118. The Labute approximate surface area is 72.4 Å². The van der Waals surface area contributed by atoms with E-state index in [1.54, 1.807) is 6.92 Å². The summed E-state index contributed by atoms with van der Waals surface area (Å²) in [5.41, 5.74) is 5.93. The minimum Gasteiger partial charge on any atom is -0.390 e. The average molecular weight is 172 g/mol. The fourth-order valence-electron chi connectivity index (χ4n) is 0.718. The molecule has 0 amide bonds. The van der Waals surface area contributed by atoms with Gasteiger partial charge in [0.25, 0.3) is 0 Å². The van der Waals surface area contributed by atoms with E-state index in [1.807, 2.05) is 0 Å². The van der Waals surface area contributed by atoms with Crippen LogP contribution >= 0.6 is 0 Å². The van der Waals surface area contributed by atoms with Gasteiger partial charge in [-0.2, -0.15) is 0 Å². The highest BCUT2D eigenvalue weighted by Gasteiger charge is 1.99. The molecular weight excluding hydrogens is 156 g/mol. The van der Waals surface area contributed by atoms with Crippen LogP contribution in [-0.2, 0) is 4.79 Å². The van der Waals surface area contributed by atoms with Crippen LogP contribution < -0.4 is 11.1 Å². The molecule has 0 fully saturated rings. The van der Waals surface area contributed by atoms with Crippen molar-refractivity contribution in [3.63, 3.8) is 0 Å². The van der Waals surface area contributed by atoms with Crippen molar-refractivity contribution in [2.24, 2.45) is 5.73 Å². The second kappa shape index (κ2) is 5.74. The molecule has 0 spiro atoms. The first kappa shape index (κ1) is 11.1. The zero-order valence-electron chi connectivity index (χ0n) is 7.50. The number of rotatable bonds is 5. The van der Waals surface area contributed by atoms with Crippen molar-refractivity contribution in [3.8, 4) is 0 Å². The predicted octanol–water partition coefficient (Wildman–Crippen LogP) is -0.612. The molecule has 4 nitrogen and oxygen atoms in total. The van der Waals surface area contributed by atoms with Crippen LogP contribution in [0, 0.1) is 0 Å². The molecule has 12 heavy (non-hydrogen) atoms. The zero-order valence-corrected chi connectivity index (χ0v) is 7.50. The summed E-state index contributed by atoms with van der Waals surface area (Å²) in [6, 6.07) is 0. The summed E-state index contributed by atoms with van der Waals surface area (Å²) < 4.78 is 0. The molecule has 1 unspecified atom stereocenters. The first-order chi connectivity index (χ1) is 5.56. The molecule has 0 aliphatic rings. The van der Waals surface area contributed by atoms with E-state index in [4.69, 9.17) is 10.8 Å². The maximum absolute atomic E-state index is 10.6. The lowest BCUT2D eigenvalue weighted by molar-refractivity contribution is -0.112. The van der Waals surface area contributed by atoms with Gasteiger partial charge in [-0.15, -0.1) is 0 Å². The summed E-state index contributed by atoms with van der Waals surface area (Å²) in [4.78, 5) is 10.6. The Morgan fingerprint density at radius 2 is 2.25 bits per heavy atom. The van der Waals surface area contributed by atoms with Crippen LogP contribution in [0.1, 0.15) is 13.8 Å². The number of hydrogen-bond donors (Lipinski definition) is 3. The van der Waals surface area contributed by atoms with E-state index in [2.05, 4.69) is 5.32 Å². The first-order valence-corrected chi connectivity index (χ1v) is 3.87. The quantitative estimate of drug-likeness (QED) is 0.483. The standard InChI is InChI=1S/C8H16N2O2/c1-6(3-7(2)11)10-5-8(12)4-9/h3,8,10,12H,4-5,9H2,1-2H3/b6-3+. The zero-order chi connectivity index (χ0) is 9.56. The van der Waals surface area contributed by atoms with E-state index >= 15 is 0 Å². The van der Waals surface area contributed by atoms with Crippen molar-refractivity contribution >= 4 is 5.78 Å². The van der Waals surface area contributed by atoms with Crippen LogP contribution in [0.2, 0.25) is 0 Å². The molecule has 0 heterocycles. The third kappa shape index (κ3) is 5.88. The highest BCUT2D eigenvalue weighted by Crippen LogP contribution is 1.87. The number of hydrogen-bond acceptors (Lipinski definition) is 4. The van der Waals surface area contributed by atoms with Gasteiger partial charge in [0.05, 0.1) is 6.10 Å². The van der Waals surface area contributed by atoms with Gasteiger partial charge in [-0.25, -0.2) is 0 Å². The minimum absolute atomic E-state index is 0.0118. The van der Waals surface area contributed by atoms with Crippen molar-refractivity contribution in [1.29, 1.82) is 0 Å². The van der Waals surface area contributed by atoms with E-state index < -0.39 is 6.10 Å². The predicted molar refractivity (Wildman–Crippen MR) is 47.5 cm³/mol. The highest BCUT2D eigenvalue weighted by molar-refractivity contribution is 5.87. The number of allylic oxidation sites excluding steroid dienone is 2. The Hall–Kier alpha value is -0.870. The van der Waals surface area contributed by atoms with Crippen LogP contribution in [0.25, 0.3) is 0 Å². The van der Waals surface area contributed by atoms with Gasteiger partial charge < -0.3 is 16.2 Å². The van der Waals surface area contributed by atoms with Gasteiger partial charge in [0.15, 0.2) is 5.78 Å². The minimum atomic E-state index is -0.555.